The minimum atomic E-state index is 0.829. The van der Waals surface area contributed by atoms with Crippen LogP contribution in [0.2, 0.25) is 0 Å². The van der Waals surface area contributed by atoms with Gasteiger partial charge in [0.2, 0.25) is 5.96 Å². The molecule has 0 amide bonds. The Balaban J connectivity index is 1.79. The molecule has 2 aliphatic rings. The van der Waals surface area contributed by atoms with E-state index in [2.05, 4.69) is 31.4 Å². The Morgan fingerprint density at radius 3 is 2.82 bits per heavy atom. The van der Waals surface area contributed by atoms with Gasteiger partial charge in [0.05, 0.1) is 0 Å². The number of hydrogen-bond acceptors (Lipinski definition) is 7. The molecule has 3 heterocycles. The van der Waals surface area contributed by atoms with Gasteiger partial charge in [-0.05, 0) is 12.1 Å². The average molecular weight is 233 g/mol. The number of nitrogens with zero attached hydrogens (tertiary/aromatic N) is 4. The number of nitrogens with one attached hydrogen (secondary N) is 3. The van der Waals surface area contributed by atoms with Crippen LogP contribution < -0.4 is 21.4 Å². The molecular weight excluding hydrogens is 218 g/mol. The van der Waals surface area contributed by atoms with Crippen LogP contribution in [0.15, 0.2) is 29.5 Å². The number of rotatable bonds is 1. The number of aromatic nitrogens is 1. The number of piperazine rings is 1. The number of hydrazine groups is 2. The van der Waals surface area contributed by atoms with Gasteiger partial charge in [-0.1, -0.05) is 6.07 Å². The van der Waals surface area contributed by atoms with Gasteiger partial charge in [-0.2, -0.15) is 0 Å². The third-order valence-corrected chi connectivity index (χ3v) is 2.80. The summed E-state index contributed by atoms with van der Waals surface area (Å²) in [4.78, 5) is 6.53. The molecule has 3 N–H and O–H groups in total. The maximum atomic E-state index is 4.31. The molecule has 1 aromatic rings. The fourth-order valence-electron chi connectivity index (χ4n) is 1.95. The van der Waals surface area contributed by atoms with Gasteiger partial charge in [-0.25, -0.2) is 15.5 Å². The first-order chi connectivity index (χ1) is 8.45. The highest BCUT2D eigenvalue weighted by Gasteiger charge is 2.26. The molecule has 0 bridgehead atoms. The number of pyridine rings is 1. The molecule has 0 aromatic carbocycles. The molecule has 1 fully saturated rings. The Hall–Kier alpha value is -1.86. The number of guanidine groups is 1. The van der Waals surface area contributed by atoms with Crippen molar-refractivity contribution in [2.24, 2.45) is 5.10 Å². The molecule has 2 aliphatic heterocycles. The zero-order chi connectivity index (χ0) is 11.5. The quantitative estimate of drug-likeness (QED) is 0.583. The standard InChI is InChI=1S/C10H15N7/c1-2-4-12-9(3-1)17-10(13-14-15-17)16-7-5-11-6-8-16/h1-4,11,14-15H,5-8H2. The second-order valence-electron chi connectivity index (χ2n) is 3.90. The van der Waals surface area contributed by atoms with Crippen molar-refractivity contribution in [3.05, 3.63) is 24.4 Å². The van der Waals surface area contributed by atoms with E-state index in [1.54, 1.807) is 6.20 Å². The molecule has 0 aliphatic carbocycles. The van der Waals surface area contributed by atoms with Crippen molar-refractivity contribution in [3.63, 3.8) is 0 Å². The van der Waals surface area contributed by atoms with Gasteiger partial charge in [-0.15, -0.1) is 10.6 Å². The highest BCUT2D eigenvalue weighted by Crippen LogP contribution is 2.11. The third-order valence-electron chi connectivity index (χ3n) is 2.80. The first kappa shape index (κ1) is 10.3. The van der Waals surface area contributed by atoms with Crippen molar-refractivity contribution < 1.29 is 0 Å². The largest absolute Gasteiger partial charge is 0.337 e. The van der Waals surface area contributed by atoms with Crippen molar-refractivity contribution in [1.82, 2.24) is 26.3 Å². The summed E-state index contributed by atoms with van der Waals surface area (Å²) in [6, 6.07) is 5.80. The topological polar surface area (TPSA) is 67.8 Å². The second-order valence-corrected chi connectivity index (χ2v) is 3.90. The molecular formula is C10H15N7. The van der Waals surface area contributed by atoms with Gasteiger partial charge in [0.25, 0.3) is 0 Å². The molecule has 1 aromatic heterocycles. The van der Waals surface area contributed by atoms with Crippen molar-refractivity contribution in [2.75, 3.05) is 31.2 Å². The molecule has 0 spiro atoms. The Bertz CT molecular complexity index is 398. The SMILES string of the molecule is c1ccc(N2NNN=C2N2CCNCC2)nc1. The van der Waals surface area contributed by atoms with Crippen molar-refractivity contribution in [3.8, 4) is 0 Å². The van der Waals surface area contributed by atoms with E-state index in [0.717, 1.165) is 38.0 Å². The van der Waals surface area contributed by atoms with Crippen LogP contribution in [0.1, 0.15) is 0 Å². The van der Waals surface area contributed by atoms with Crippen LogP contribution in [0.25, 0.3) is 0 Å². The van der Waals surface area contributed by atoms with Gasteiger partial charge in [-0.3, -0.25) is 0 Å². The molecule has 7 heteroatoms. The van der Waals surface area contributed by atoms with Crippen LogP contribution >= 0.6 is 0 Å². The summed E-state index contributed by atoms with van der Waals surface area (Å²) in [6.07, 6.45) is 1.77. The molecule has 3 rings (SSSR count). The van der Waals surface area contributed by atoms with Gasteiger partial charge in [0, 0.05) is 32.4 Å². The Morgan fingerprint density at radius 2 is 2.06 bits per heavy atom. The predicted octanol–water partition coefficient (Wildman–Crippen LogP) is -0.913. The minimum Gasteiger partial charge on any atom is -0.337 e. The lowest BCUT2D eigenvalue weighted by Gasteiger charge is -2.31. The summed E-state index contributed by atoms with van der Waals surface area (Å²) >= 11 is 0. The lowest BCUT2D eigenvalue weighted by Crippen LogP contribution is -2.54. The molecule has 7 nitrogen and oxygen atoms in total. The molecule has 0 saturated carbocycles. The number of hydrazone groups is 1. The maximum Gasteiger partial charge on any atom is 0.242 e. The summed E-state index contributed by atoms with van der Waals surface area (Å²) in [5.74, 6) is 1.69. The van der Waals surface area contributed by atoms with E-state index in [-0.39, 0.29) is 0 Å². The highest BCUT2D eigenvalue weighted by molar-refractivity contribution is 5.95. The lowest BCUT2D eigenvalue weighted by molar-refractivity contribution is 0.352. The molecule has 0 unspecified atom stereocenters. The van der Waals surface area contributed by atoms with Crippen LogP contribution in [0.3, 0.4) is 0 Å². The summed E-state index contributed by atoms with van der Waals surface area (Å²) in [7, 11) is 0. The van der Waals surface area contributed by atoms with Crippen molar-refractivity contribution in [2.45, 2.75) is 0 Å². The van der Waals surface area contributed by atoms with Gasteiger partial charge in [0.1, 0.15) is 0 Å². The molecule has 17 heavy (non-hydrogen) atoms. The summed E-state index contributed by atoms with van der Waals surface area (Å²) < 4.78 is 0. The van der Waals surface area contributed by atoms with Crippen LogP contribution in [0.5, 0.6) is 0 Å². The van der Waals surface area contributed by atoms with Gasteiger partial charge < -0.3 is 10.2 Å². The molecule has 0 radical (unpaired) electrons. The molecule has 90 valence electrons. The molecule has 1 saturated heterocycles. The van der Waals surface area contributed by atoms with Crippen LogP contribution in [0, 0.1) is 0 Å². The smallest absolute Gasteiger partial charge is 0.242 e. The Labute approximate surface area is 99.4 Å². The average Bonchev–Trinajstić information content (AvgIpc) is 2.90. The minimum absolute atomic E-state index is 0.829. The fourth-order valence-corrected chi connectivity index (χ4v) is 1.95. The predicted molar refractivity (Wildman–Crippen MR) is 64.9 cm³/mol. The van der Waals surface area contributed by atoms with Crippen LogP contribution in [-0.4, -0.2) is 42.0 Å². The Morgan fingerprint density at radius 1 is 1.18 bits per heavy atom. The third kappa shape index (κ3) is 2.02. The first-order valence-corrected chi connectivity index (χ1v) is 5.70. The van der Waals surface area contributed by atoms with Crippen molar-refractivity contribution in [1.29, 1.82) is 0 Å². The number of anilines is 1. The fraction of sp³-hybridized carbons (Fsp3) is 0.400. The lowest BCUT2D eigenvalue weighted by atomic mass is 10.4. The second kappa shape index (κ2) is 4.56. The van der Waals surface area contributed by atoms with Crippen LogP contribution in [-0.2, 0) is 0 Å². The summed E-state index contributed by atoms with van der Waals surface area (Å²) in [5.41, 5.74) is 5.76. The van der Waals surface area contributed by atoms with E-state index in [9.17, 15) is 0 Å². The summed E-state index contributed by atoms with van der Waals surface area (Å²) in [6.45, 7) is 3.86. The maximum absolute atomic E-state index is 4.31. The van der Waals surface area contributed by atoms with E-state index in [1.807, 2.05) is 23.2 Å². The zero-order valence-corrected chi connectivity index (χ0v) is 9.43. The Kier molecular flexibility index (Phi) is 2.76. The van der Waals surface area contributed by atoms with Crippen molar-refractivity contribution >= 4 is 11.8 Å². The zero-order valence-electron chi connectivity index (χ0n) is 9.43. The van der Waals surface area contributed by atoms with E-state index >= 15 is 0 Å². The highest BCUT2D eigenvalue weighted by atomic mass is 15.9. The first-order valence-electron chi connectivity index (χ1n) is 5.70. The van der Waals surface area contributed by atoms with E-state index in [0.29, 0.717) is 0 Å². The van der Waals surface area contributed by atoms with Gasteiger partial charge >= 0.3 is 0 Å². The van der Waals surface area contributed by atoms with Gasteiger partial charge in [0.15, 0.2) is 5.82 Å². The monoisotopic (exact) mass is 233 g/mol. The normalized spacial score (nSPS) is 20.1. The number of hydrogen-bond donors (Lipinski definition) is 3. The van der Waals surface area contributed by atoms with E-state index < -0.39 is 0 Å². The summed E-state index contributed by atoms with van der Waals surface area (Å²) in [5, 5.41) is 9.43. The van der Waals surface area contributed by atoms with E-state index in [1.165, 1.54) is 0 Å². The molecule has 0 atom stereocenters. The van der Waals surface area contributed by atoms with Crippen LogP contribution in [0.4, 0.5) is 5.82 Å². The van der Waals surface area contributed by atoms with E-state index in [4.69, 9.17) is 0 Å².